The van der Waals surface area contributed by atoms with Gasteiger partial charge in [-0.1, -0.05) is 32.1 Å². The number of carbonyl (C=O) groups excluding carboxylic acids is 1. The Morgan fingerprint density at radius 2 is 1.65 bits per heavy atom. The van der Waals surface area contributed by atoms with Crippen LogP contribution in [-0.2, 0) is 4.79 Å². The summed E-state index contributed by atoms with van der Waals surface area (Å²) in [7, 11) is 0. The first-order chi connectivity index (χ1) is 8.36. The minimum atomic E-state index is 0.217. The van der Waals surface area contributed by atoms with Crippen LogP contribution in [0.4, 0.5) is 0 Å². The van der Waals surface area contributed by atoms with E-state index in [9.17, 15) is 4.79 Å². The van der Waals surface area contributed by atoms with Crippen molar-refractivity contribution in [3.63, 3.8) is 0 Å². The van der Waals surface area contributed by atoms with E-state index in [1.54, 1.807) is 0 Å². The predicted octanol–water partition coefficient (Wildman–Crippen LogP) is 2.22. The Balaban J connectivity index is 1.75. The summed E-state index contributed by atoms with van der Waals surface area (Å²) in [6.45, 7) is 1.95. The molecule has 2 fully saturated rings. The average molecular weight is 238 g/mol. The number of hydrogen-bond acceptors (Lipinski definition) is 2. The molecule has 1 saturated carbocycles. The molecule has 0 aromatic heterocycles. The number of hydrogen-bond donors (Lipinski definition) is 2. The molecule has 2 rings (SSSR count). The van der Waals surface area contributed by atoms with Gasteiger partial charge in [-0.05, 0) is 32.2 Å². The third-order valence-electron chi connectivity index (χ3n) is 4.12. The topological polar surface area (TPSA) is 41.1 Å². The highest BCUT2D eigenvalue weighted by atomic mass is 16.2. The molecule has 1 heterocycles. The molecule has 0 bridgehead atoms. The van der Waals surface area contributed by atoms with E-state index in [2.05, 4.69) is 10.6 Å². The van der Waals surface area contributed by atoms with E-state index >= 15 is 0 Å². The van der Waals surface area contributed by atoms with E-state index in [0.29, 0.717) is 11.9 Å². The molecule has 98 valence electrons. The molecule has 2 N–H and O–H groups in total. The van der Waals surface area contributed by atoms with E-state index in [4.69, 9.17) is 0 Å². The number of rotatable bonds is 2. The second kappa shape index (κ2) is 7.00. The largest absolute Gasteiger partial charge is 0.353 e. The Hall–Kier alpha value is -0.570. The Bertz CT molecular complexity index is 228. The second-order valence-electron chi connectivity index (χ2n) is 5.59. The molecule has 1 aliphatic carbocycles. The lowest BCUT2D eigenvalue weighted by Crippen LogP contribution is -2.44. The molecule has 0 radical (unpaired) electrons. The van der Waals surface area contributed by atoms with Gasteiger partial charge in [0.25, 0.3) is 0 Å². The smallest absolute Gasteiger partial charge is 0.224 e. The SMILES string of the molecule is O=C(NC1CCCCCCC1)[C@H]1CCCNC1. The summed E-state index contributed by atoms with van der Waals surface area (Å²) >= 11 is 0. The molecule has 1 saturated heterocycles. The van der Waals surface area contributed by atoms with Crippen LogP contribution in [0.15, 0.2) is 0 Å². The van der Waals surface area contributed by atoms with Gasteiger partial charge < -0.3 is 10.6 Å². The molecule has 3 nitrogen and oxygen atoms in total. The number of piperidine rings is 1. The molecule has 0 aromatic rings. The van der Waals surface area contributed by atoms with Gasteiger partial charge in [-0.25, -0.2) is 0 Å². The highest BCUT2D eigenvalue weighted by Gasteiger charge is 2.23. The average Bonchev–Trinajstić information content (AvgIpc) is 2.33. The zero-order chi connectivity index (χ0) is 11.9. The summed E-state index contributed by atoms with van der Waals surface area (Å²) in [6.07, 6.45) is 11.2. The zero-order valence-electron chi connectivity index (χ0n) is 10.8. The normalized spacial score (nSPS) is 28.1. The minimum absolute atomic E-state index is 0.217. The van der Waals surface area contributed by atoms with Crippen LogP contribution in [0, 0.1) is 5.92 Å². The van der Waals surface area contributed by atoms with E-state index in [1.165, 1.54) is 44.9 Å². The maximum absolute atomic E-state index is 12.1. The Kier molecular flexibility index (Phi) is 5.30. The van der Waals surface area contributed by atoms with Crippen LogP contribution in [0.3, 0.4) is 0 Å². The van der Waals surface area contributed by atoms with E-state index in [-0.39, 0.29) is 5.92 Å². The Morgan fingerprint density at radius 3 is 2.29 bits per heavy atom. The van der Waals surface area contributed by atoms with Gasteiger partial charge >= 0.3 is 0 Å². The number of carbonyl (C=O) groups is 1. The molecule has 3 heteroatoms. The molecule has 17 heavy (non-hydrogen) atoms. The summed E-state index contributed by atoms with van der Waals surface area (Å²) in [5.74, 6) is 0.511. The summed E-state index contributed by atoms with van der Waals surface area (Å²) in [4.78, 5) is 12.1. The quantitative estimate of drug-likeness (QED) is 0.774. The van der Waals surface area contributed by atoms with Crippen LogP contribution in [0.25, 0.3) is 0 Å². The second-order valence-corrected chi connectivity index (χ2v) is 5.59. The third-order valence-corrected chi connectivity index (χ3v) is 4.12. The highest BCUT2D eigenvalue weighted by molar-refractivity contribution is 5.79. The van der Waals surface area contributed by atoms with E-state index in [1.807, 2.05) is 0 Å². The number of nitrogens with one attached hydrogen (secondary N) is 2. The minimum Gasteiger partial charge on any atom is -0.353 e. The molecule has 1 aliphatic heterocycles. The van der Waals surface area contributed by atoms with Gasteiger partial charge in [0.2, 0.25) is 5.91 Å². The molecule has 0 spiro atoms. The summed E-state index contributed by atoms with van der Waals surface area (Å²) in [5, 5.41) is 6.59. The van der Waals surface area contributed by atoms with Gasteiger partial charge in [-0.15, -0.1) is 0 Å². The van der Waals surface area contributed by atoms with Crippen LogP contribution in [0.1, 0.15) is 57.8 Å². The first kappa shape index (κ1) is 12.9. The lowest BCUT2D eigenvalue weighted by Gasteiger charge is -2.26. The molecule has 2 aliphatic rings. The van der Waals surface area contributed by atoms with Gasteiger partial charge in [-0.3, -0.25) is 4.79 Å². The molecular weight excluding hydrogens is 212 g/mol. The molecule has 0 aromatic carbocycles. The first-order valence-electron chi connectivity index (χ1n) is 7.37. The summed E-state index contributed by atoms with van der Waals surface area (Å²) in [5.41, 5.74) is 0. The Labute approximate surface area is 105 Å². The van der Waals surface area contributed by atoms with Gasteiger partial charge in [0.1, 0.15) is 0 Å². The molecule has 1 amide bonds. The lowest BCUT2D eigenvalue weighted by atomic mass is 9.94. The van der Waals surface area contributed by atoms with Crippen LogP contribution >= 0.6 is 0 Å². The van der Waals surface area contributed by atoms with Crippen LogP contribution in [0.2, 0.25) is 0 Å². The standard InChI is InChI=1S/C14H26N2O/c17-14(12-7-6-10-15-11-12)16-13-8-4-2-1-3-5-9-13/h12-13,15H,1-11H2,(H,16,17)/t12-/m0/s1. The van der Waals surface area contributed by atoms with Gasteiger partial charge in [-0.2, -0.15) is 0 Å². The molecule has 1 atom stereocenters. The monoisotopic (exact) mass is 238 g/mol. The maximum Gasteiger partial charge on any atom is 0.224 e. The van der Waals surface area contributed by atoms with Crippen molar-refractivity contribution in [2.24, 2.45) is 5.92 Å². The fraction of sp³-hybridized carbons (Fsp3) is 0.929. The van der Waals surface area contributed by atoms with E-state index < -0.39 is 0 Å². The Morgan fingerprint density at radius 1 is 0.941 bits per heavy atom. The van der Waals surface area contributed by atoms with Gasteiger partial charge in [0.05, 0.1) is 5.92 Å². The third kappa shape index (κ3) is 4.30. The zero-order valence-corrected chi connectivity index (χ0v) is 10.8. The van der Waals surface area contributed by atoms with Crippen molar-refractivity contribution >= 4 is 5.91 Å². The van der Waals surface area contributed by atoms with Crippen molar-refractivity contribution in [1.29, 1.82) is 0 Å². The van der Waals surface area contributed by atoms with Gasteiger partial charge in [0.15, 0.2) is 0 Å². The first-order valence-corrected chi connectivity index (χ1v) is 7.37. The lowest BCUT2D eigenvalue weighted by molar-refractivity contribution is -0.126. The molecular formula is C14H26N2O. The van der Waals surface area contributed by atoms with Crippen molar-refractivity contribution in [1.82, 2.24) is 10.6 Å². The highest BCUT2D eigenvalue weighted by Crippen LogP contribution is 2.18. The fourth-order valence-electron chi connectivity index (χ4n) is 3.00. The molecule has 0 unspecified atom stereocenters. The van der Waals surface area contributed by atoms with Crippen molar-refractivity contribution < 1.29 is 4.79 Å². The van der Waals surface area contributed by atoms with E-state index in [0.717, 1.165) is 25.9 Å². The van der Waals surface area contributed by atoms with Gasteiger partial charge in [0, 0.05) is 12.6 Å². The van der Waals surface area contributed by atoms with Crippen LogP contribution in [0.5, 0.6) is 0 Å². The van der Waals surface area contributed by atoms with Crippen LogP contribution < -0.4 is 10.6 Å². The van der Waals surface area contributed by atoms with Crippen molar-refractivity contribution in [2.75, 3.05) is 13.1 Å². The maximum atomic E-state index is 12.1. The summed E-state index contributed by atoms with van der Waals surface area (Å²) < 4.78 is 0. The van der Waals surface area contributed by atoms with Crippen molar-refractivity contribution in [2.45, 2.75) is 63.8 Å². The summed E-state index contributed by atoms with van der Waals surface area (Å²) in [6, 6.07) is 0.449. The predicted molar refractivity (Wildman–Crippen MR) is 69.8 cm³/mol. The van der Waals surface area contributed by atoms with Crippen LogP contribution in [-0.4, -0.2) is 25.0 Å². The van der Waals surface area contributed by atoms with Crippen molar-refractivity contribution in [3.8, 4) is 0 Å². The van der Waals surface area contributed by atoms with Crippen molar-refractivity contribution in [3.05, 3.63) is 0 Å². The fourth-order valence-corrected chi connectivity index (χ4v) is 3.00. The number of amides is 1.